The van der Waals surface area contributed by atoms with Gasteiger partial charge >= 0.3 is 0 Å². The van der Waals surface area contributed by atoms with Gasteiger partial charge in [-0.2, -0.15) is 0 Å². The van der Waals surface area contributed by atoms with Gasteiger partial charge in [0.25, 0.3) is 0 Å². The lowest BCUT2D eigenvalue weighted by Crippen LogP contribution is -2.26. The Morgan fingerprint density at radius 1 is 1.17 bits per heavy atom. The van der Waals surface area contributed by atoms with Crippen LogP contribution in [0.3, 0.4) is 0 Å². The van der Waals surface area contributed by atoms with Crippen molar-refractivity contribution >= 4 is 35.0 Å². The average molecular weight is 350 g/mol. The SMILES string of the molecule is COc1ccccc1CSc1ccc(N(C)C(=O)CCCl)cc1. The van der Waals surface area contributed by atoms with Crippen LogP contribution < -0.4 is 9.64 Å². The Balaban J connectivity index is 1.99. The summed E-state index contributed by atoms with van der Waals surface area (Å²) in [7, 11) is 3.46. The molecule has 0 aliphatic heterocycles. The first-order valence-electron chi connectivity index (χ1n) is 7.33. The maximum atomic E-state index is 11.8. The Bertz CT molecular complexity index is 646. The number of methoxy groups -OCH3 is 1. The van der Waals surface area contributed by atoms with Crippen molar-refractivity contribution in [3.8, 4) is 5.75 Å². The third kappa shape index (κ3) is 4.91. The minimum absolute atomic E-state index is 0.0226. The van der Waals surface area contributed by atoms with Crippen molar-refractivity contribution in [1.29, 1.82) is 0 Å². The second-order valence-electron chi connectivity index (χ2n) is 4.99. The van der Waals surface area contributed by atoms with E-state index in [-0.39, 0.29) is 5.91 Å². The van der Waals surface area contributed by atoms with E-state index >= 15 is 0 Å². The van der Waals surface area contributed by atoms with Crippen LogP contribution in [0.5, 0.6) is 5.75 Å². The summed E-state index contributed by atoms with van der Waals surface area (Å²) in [5.41, 5.74) is 2.04. The van der Waals surface area contributed by atoms with E-state index in [1.807, 2.05) is 42.5 Å². The summed E-state index contributed by atoms with van der Waals surface area (Å²) in [6, 6.07) is 16.0. The van der Waals surface area contributed by atoms with Crippen LogP contribution in [0.1, 0.15) is 12.0 Å². The minimum atomic E-state index is 0.0226. The number of carbonyl (C=O) groups excluding carboxylic acids is 1. The predicted octanol–water partition coefficient (Wildman–Crippen LogP) is 4.58. The summed E-state index contributed by atoms with van der Waals surface area (Å²) in [6.07, 6.45) is 0.350. The molecule has 0 atom stereocenters. The molecular formula is C18H20ClNO2S. The normalized spacial score (nSPS) is 10.4. The number of para-hydroxylation sites is 1. The molecule has 122 valence electrons. The van der Waals surface area contributed by atoms with Crippen LogP contribution in [-0.2, 0) is 10.5 Å². The maximum absolute atomic E-state index is 11.8. The van der Waals surface area contributed by atoms with Gasteiger partial charge in [0.15, 0.2) is 0 Å². The summed E-state index contributed by atoms with van der Waals surface area (Å²) in [6.45, 7) is 0. The van der Waals surface area contributed by atoms with Gasteiger partial charge in [0.2, 0.25) is 5.91 Å². The third-order valence-electron chi connectivity index (χ3n) is 3.49. The topological polar surface area (TPSA) is 29.5 Å². The first-order chi connectivity index (χ1) is 11.2. The van der Waals surface area contributed by atoms with Gasteiger partial charge in [-0.05, 0) is 30.3 Å². The number of ether oxygens (including phenoxy) is 1. The number of rotatable bonds is 7. The molecule has 0 aliphatic carbocycles. The zero-order valence-electron chi connectivity index (χ0n) is 13.3. The van der Waals surface area contributed by atoms with Crippen molar-refractivity contribution in [2.75, 3.05) is 24.9 Å². The van der Waals surface area contributed by atoms with Crippen molar-refractivity contribution in [3.05, 3.63) is 54.1 Å². The number of halogens is 1. The predicted molar refractivity (Wildman–Crippen MR) is 97.7 cm³/mol. The second-order valence-corrected chi connectivity index (χ2v) is 6.41. The highest BCUT2D eigenvalue weighted by Gasteiger charge is 2.10. The molecular weight excluding hydrogens is 330 g/mol. The van der Waals surface area contributed by atoms with Crippen molar-refractivity contribution in [3.63, 3.8) is 0 Å². The summed E-state index contributed by atoms with van der Waals surface area (Å²) in [5.74, 6) is 2.11. The molecule has 0 saturated carbocycles. The van der Waals surface area contributed by atoms with E-state index in [1.165, 1.54) is 5.56 Å². The fourth-order valence-corrected chi connectivity index (χ4v) is 3.19. The van der Waals surface area contributed by atoms with E-state index in [1.54, 1.807) is 30.8 Å². The molecule has 2 aromatic rings. The Kier molecular flexibility index (Phi) is 6.81. The fourth-order valence-electron chi connectivity index (χ4n) is 2.14. The standard InChI is InChI=1S/C18H20ClNO2S/c1-20(18(21)11-12-19)15-7-9-16(10-8-15)23-13-14-5-3-4-6-17(14)22-2/h3-10H,11-13H2,1-2H3. The molecule has 0 heterocycles. The lowest BCUT2D eigenvalue weighted by molar-refractivity contribution is -0.117. The number of carbonyl (C=O) groups is 1. The quantitative estimate of drug-likeness (QED) is 0.541. The molecule has 23 heavy (non-hydrogen) atoms. The van der Waals surface area contributed by atoms with Gasteiger partial charge in [0.1, 0.15) is 5.75 Å². The Morgan fingerprint density at radius 3 is 2.52 bits per heavy atom. The summed E-state index contributed by atoms with van der Waals surface area (Å²) < 4.78 is 5.37. The van der Waals surface area contributed by atoms with Gasteiger partial charge in [-0.3, -0.25) is 4.79 Å². The molecule has 1 amide bonds. The lowest BCUT2D eigenvalue weighted by atomic mass is 10.2. The van der Waals surface area contributed by atoms with E-state index in [0.29, 0.717) is 12.3 Å². The second kappa shape index (κ2) is 8.85. The van der Waals surface area contributed by atoms with E-state index in [0.717, 1.165) is 22.1 Å². The molecule has 0 bridgehead atoms. The van der Waals surface area contributed by atoms with Crippen LogP contribution in [0.2, 0.25) is 0 Å². The Labute approximate surface area is 146 Å². The largest absolute Gasteiger partial charge is 0.496 e. The molecule has 0 saturated heterocycles. The van der Waals surface area contributed by atoms with E-state index in [4.69, 9.17) is 16.3 Å². The van der Waals surface area contributed by atoms with Gasteiger partial charge in [-0.25, -0.2) is 0 Å². The van der Waals surface area contributed by atoms with Gasteiger partial charge in [-0.1, -0.05) is 18.2 Å². The number of anilines is 1. The van der Waals surface area contributed by atoms with Crippen LogP contribution in [0.4, 0.5) is 5.69 Å². The molecule has 0 N–H and O–H groups in total. The van der Waals surface area contributed by atoms with Crippen molar-refractivity contribution < 1.29 is 9.53 Å². The Morgan fingerprint density at radius 2 is 1.87 bits per heavy atom. The van der Waals surface area contributed by atoms with Crippen LogP contribution in [-0.4, -0.2) is 25.9 Å². The highest BCUT2D eigenvalue weighted by atomic mass is 35.5. The van der Waals surface area contributed by atoms with Crippen LogP contribution in [0.25, 0.3) is 0 Å². The molecule has 0 radical (unpaired) electrons. The van der Waals surface area contributed by atoms with Crippen molar-refractivity contribution in [1.82, 2.24) is 0 Å². The number of amides is 1. The molecule has 0 aromatic heterocycles. The van der Waals surface area contributed by atoms with Crippen LogP contribution >= 0.6 is 23.4 Å². The number of hydrogen-bond acceptors (Lipinski definition) is 3. The highest BCUT2D eigenvalue weighted by molar-refractivity contribution is 7.98. The molecule has 3 nitrogen and oxygen atoms in total. The number of hydrogen-bond donors (Lipinski definition) is 0. The Hall–Kier alpha value is -1.65. The van der Waals surface area contributed by atoms with Gasteiger partial charge in [-0.15, -0.1) is 23.4 Å². The summed E-state index contributed by atoms with van der Waals surface area (Å²) in [4.78, 5) is 14.6. The molecule has 5 heteroatoms. The minimum Gasteiger partial charge on any atom is -0.496 e. The molecule has 0 spiro atoms. The molecule has 0 unspecified atom stereocenters. The molecule has 0 aliphatic rings. The number of thioether (sulfide) groups is 1. The first-order valence-corrected chi connectivity index (χ1v) is 8.85. The zero-order valence-corrected chi connectivity index (χ0v) is 14.9. The van der Waals surface area contributed by atoms with Crippen molar-refractivity contribution in [2.45, 2.75) is 17.1 Å². The lowest BCUT2D eigenvalue weighted by Gasteiger charge is -2.17. The monoisotopic (exact) mass is 349 g/mol. The number of alkyl halides is 1. The maximum Gasteiger partial charge on any atom is 0.227 e. The van der Waals surface area contributed by atoms with Gasteiger partial charge in [0, 0.05) is 41.2 Å². The molecule has 2 aromatic carbocycles. The van der Waals surface area contributed by atoms with Gasteiger partial charge < -0.3 is 9.64 Å². The fraction of sp³-hybridized carbons (Fsp3) is 0.278. The molecule has 2 rings (SSSR count). The first kappa shape index (κ1) is 17.7. The summed E-state index contributed by atoms with van der Waals surface area (Å²) in [5, 5.41) is 0. The molecule has 0 fully saturated rings. The smallest absolute Gasteiger partial charge is 0.227 e. The highest BCUT2D eigenvalue weighted by Crippen LogP contribution is 2.29. The summed E-state index contributed by atoms with van der Waals surface area (Å²) >= 11 is 7.35. The van der Waals surface area contributed by atoms with Crippen LogP contribution in [0.15, 0.2) is 53.4 Å². The van der Waals surface area contributed by atoms with Crippen LogP contribution in [0, 0.1) is 0 Å². The number of benzene rings is 2. The van der Waals surface area contributed by atoms with Crippen molar-refractivity contribution in [2.24, 2.45) is 0 Å². The van der Waals surface area contributed by atoms with E-state index in [2.05, 4.69) is 6.07 Å². The average Bonchev–Trinajstić information content (AvgIpc) is 2.60. The van der Waals surface area contributed by atoms with E-state index < -0.39 is 0 Å². The van der Waals surface area contributed by atoms with Gasteiger partial charge in [0.05, 0.1) is 7.11 Å². The third-order valence-corrected chi connectivity index (χ3v) is 4.74. The number of nitrogens with zero attached hydrogens (tertiary/aromatic N) is 1. The zero-order chi connectivity index (χ0) is 16.7. The van der Waals surface area contributed by atoms with E-state index in [9.17, 15) is 4.79 Å².